The Morgan fingerprint density at radius 1 is 0.958 bits per heavy atom. The molecule has 0 aliphatic carbocycles. The maximum absolute atomic E-state index is 11.7. The van der Waals surface area contributed by atoms with Gasteiger partial charge in [-0.1, -0.05) is 34.1 Å². The van der Waals surface area contributed by atoms with Crippen LogP contribution in [0, 0.1) is 0 Å². The molecule has 0 fully saturated rings. The molecule has 5 nitrogen and oxygen atoms in total. The Labute approximate surface area is 149 Å². The van der Waals surface area contributed by atoms with Gasteiger partial charge in [0, 0.05) is 4.47 Å². The van der Waals surface area contributed by atoms with Crippen molar-refractivity contribution in [3.63, 3.8) is 0 Å². The van der Waals surface area contributed by atoms with E-state index in [1.807, 2.05) is 43.3 Å². The van der Waals surface area contributed by atoms with Gasteiger partial charge in [-0.05, 0) is 37.3 Å². The molecule has 0 heterocycles. The molecule has 0 unspecified atom stereocenters. The minimum Gasteiger partial charge on any atom is -0.490 e. The number of carbonyl (C=O) groups excluding carboxylic acids is 1. The van der Waals surface area contributed by atoms with Crippen LogP contribution < -0.4 is 14.2 Å². The molecular weight excluding hydrogens is 376 g/mol. The molecule has 0 saturated heterocycles. The van der Waals surface area contributed by atoms with Crippen molar-refractivity contribution in [1.29, 1.82) is 0 Å². The van der Waals surface area contributed by atoms with Gasteiger partial charge >= 0.3 is 5.97 Å². The van der Waals surface area contributed by atoms with Gasteiger partial charge in [-0.2, -0.15) is 0 Å². The molecule has 0 radical (unpaired) electrons. The van der Waals surface area contributed by atoms with E-state index in [4.69, 9.17) is 18.9 Å². The first-order chi connectivity index (χ1) is 11.7. The predicted molar refractivity (Wildman–Crippen MR) is 93.7 cm³/mol. The van der Waals surface area contributed by atoms with Gasteiger partial charge in [0.05, 0.1) is 6.61 Å². The number of rotatable bonds is 9. The summed E-state index contributed by atoms with van der Waals surface area (Å²) in [5.41, 5.74) is 0. The zero-order valence-corrected chi connectivity index (χ0v) is 15.0. The molecule has 2 rings (SSSR count). The average Bonchev–Trinajstić information content (AvgIpc) is 2.58. The van der Waals surface area contributed by atoms with Crippen LogP contribution in [0.5, 0.6) is 17.2 Å². The molecule has 0 aromatic heterocycles. The van der Waals surface area contributed by atoms with Gasteiger partial charge < -0.3 is 18.9 Å². The smallest absolute Gasteiger partial charge is 0.344 e. The molecule has 0 amide bonds. The molecule has 0 aliphatic rings. The highest BCUT2D eigenvalue weighted by Gasteiger charge is 2.08. The Hall–Kier alpha value is -2.21. The minimum absolute atomic E-state index is 0.155. The first-order valence-corrected chi connectivity index (χ1v) is 8.37. The number of hydrogen-bond donors (Lipinski definition) is 0. The highest BCUT2D eigenvalue weighted by Crippen LogP contribution is 2.26. The molecule has 0 aliphatic heterocycles. The molecule has 24 heavy (non-hydrogen) atoms. The summed E-state index contributed by atoms with van der Waals surface area (Å²) < 4.78 is 22.3. The van der Waals surface area contributed by atoms with Crippen molar-refractivity contribution in [1.82, 2.24) is 0 Å². The van der Waals surface area contributed by atoms with Crippen LogP contribution in [0.15, 0.2) is 53.0 Å². The highest BCUT2D eigenvalue weighted by molar-refractivity contribution is 9.10. The maximum atomic E-state index is 11.7. The first kappa shape index (κ1) is 18.1. The van der Waals surface area contributed by atoms with Crippen LogP contribution in [-0.4, -0.2) is 32.4 Å². The lowest BCUT2D eigenvalue weighted by molar-refractivity contribution is -0.146. The summed E-state index contributed by atoms with van der Waals surface area (Å²) in [6.45, 7) is 2.66. The Bertz CT molecular complexity index is 659. The normalized spacial score (nSPS) is 10.1. The largest absolute Gasteiger partial charge is 0.490 e. The molecular formula is C18H19BrO5. The SMILES string of the molecule is CCOc1ccccc1OCC(=O)OCCOc1cccc(Br)c1. The minimum atomic E-state index is -0.459. The summed E-state index contributed by atoms with van der Waals surface area (Å²) in [7, 11) is 0. The summed E-state index contributed by atoms with van der Waals surface area (Å²) in [5.74, 6) is 1.37. The second kappa shape index (κ2) is 9.82. The standard InChI is InChI=1S/C18H19BrO5/c1-2-21-16-8-3-4-9-17(16)24-13-18(20)23-11-10-22-15-7-5-6-14(19)12-15/h3-9,12H,2,10-11,13H2,1H3. The number of para-hydroxylation sites is 2. The van der Waals surface area contributed by atoms with Crippen LogP contribution in [-0.2, 0) is 9.53 Å². The number of benzene rings is 2. The van der Waals surface area contributed by atoms with Crippen LogP contribution in [0.3, 0.4) is 0 Å². The molecule has 0 saturated carbocycles. The highest BCUT2D eigenvalue weighted by atomic mass is 79.9. The third kappa shape index (κ3) is 6.12. The topological polar surface area (TPSA) is 54.0 Å². The number of carbonyl (C=O) groups is 1. The van der Waals surface area contributed by atoms with Crippen LogP contribution in [0.4, 0.5) is 0 Å². The molecule has 2 aromatic rings. The van der Waals surface area contributed by atoms with Crippen molar-refractivity contribution in [3.8, 4) is 17.2 Å². The second-order valence-electron chi connectivity index (χ2n) is 4.69. The molecule has 2 aromatic carbocycles. The summed E-state index contributed by atoms with van der Waals surface area (Å²) in [6.07, 6.45) is 0. The fourth-order valence-corrected chi connectivity index (χ4v) is 2.27. The predicted octanol–water partition coefficient (Wildman–Crippen LogP) is 3.85. The summed E-state index contributed by atoms with van der Waals surface area (Å²) >= 11 is 3.36. The summed E-state index contributed by atoms with van der Waals surface area (Å²) in [4.78, 5) is 11.7. The van der Waals surface area contributed by atoms with Crippen LogP contribution in [0.25, 0.3) is 0 Å². The van der Waals surface area contributed by atoms with Crippen LogP contribution >= 0.6 is 15.9 Å². The first-order valence-electron chi connectivity index (χ1n) is 7.57. The Balaban J connectivity index is 1.68. The van der Waals surface area contributed by atoms with Crippen LogP contribution in [0.1, 0.15) is 6.92 Å². The van der Waals surface area contributed by atoms with Crippen LogP contribution in [0.2, 0.25) is 0 Å². The van der Waals surface area contributed by atoms with E-state index in [1.165, 1.54) is 0 Å². The molecule has 0 spiro atoms. The van der Waals surface area contributed by atoms with E-state index >= 15 is 0 Å². The Kier molecular flexibility index (Phi) is 7.42. The molecule has 128 valence electrons. The lowest BCUT2D eigenvalue weighted by atomic mass is 10.3. The van der Waals surface area contributed by atoms with E-state index in [-0.39, 0.29) is 19.8 Å². The lowest BCUT2D eigenvalue weighted by Crippen LogP contribution is -2.18. The van der Waals surface area contributed by atoms with E-state index in [0.29, 0.717) is 23.9 Å². The van der Waals surface area contributed by atoms with Crippen molar-refractivity contribution in [2.45, 2.75) is 6.92 Å². The number of halogens is 1. The monoisotopic (exact) mass is 394 g/mol. The Morgan fingerprint density at radius 2 is 1.71 bits per heavy atom. The molecule has 0 atom stereocenters. The third-order valence-corrected chi connectivity index (χ3v) is 3.40. The summed E-state index contributed by atoms with van der Waals surface area (Å²) in [5, 5.41) is 0. The zero-order chi connectivity index (χ0) is 17.2. The molecule has 6 heteroatoms. The fourth-order valence-electron chi connectivity index (χ4n) is 1.89. The van der Waals surface area contributed by atoms with Gasteiger partial charge in [0.2, 0.25) is 0 Å². The molecule has 0 N–H and O–H groups in total. The van der Waals surface area contributed by atoms with Gasteiger partial charge in [-0.25, -0.2) is 4.79 Å². The van der Waals surface area contributed by atoms with E-state index in [1.54, 1.807) is 12.1 Å². The second-order valence-corrected chi connectivity index (χ2v) is 5.61. The lowest BCUT2D eigenvalue weighted by Gasteiger charge is -2.11. The van der Waals surface area contributed by atoms with Gasteiger partial charge in [-0.3, -0.25) is 0 Å². The number of hydrogen-bond acceptors (Lipinski definition) is 5. The molecule has 0 bridgehead atoms. The van der Waals surface area contributed by atoms with Crippen molar-refractivity contribution >= 4 is 21.9 Å². The van der Waals surface area contributed by atoms with Gasteiger partial charge in [0.25, 0.3) is 0 Å². The van der Waals surface area contributed by atoms with Crippen molar-refractivity contribution in [3.05, 3.63) is 53.0 Å². The number of esters is 1. The van der Waals surface area contributed by atoms with Crippen molar-refractivity contribution in [2.24, 2.45) is 0 Å². The van der Waals surface area contributed by atoms with Crippen molar-refractivity contribution < 1.29 is 23.7 Å². The van der Waals surface area contributed by atoms with Crippen molar-refractivity contribution in [2.75, 3.05) is 26.4 Å². The van der Waals surface area contributed by atoms with Gasteiger partial charge in [0.15, 0.2) is 18.1 Å². The zero-order valence-electron chi connectivity index (χ0n) is 13.4. The third-order valence-electron chi connectivity index (χ3n) is 2.91. The van der Waals surface area contributed by atoms with Gasteiger partial charge in [0.1, 0.15) is 19.0 Å². The number of ether oxygens (including phenoxy) is 4. The van der Waals surface area contributed by atoms with E-state index in [2.05, 4.69) is 15.9 Å². The Morgan fingerprint density at radius 3 is 2.42 bits per heavy atom. The van der Waals surface area contributed by atoms with E-state index in [0.717, 1.165) is 4.47 Å². The maximum Gasteiger partial charge on any atom is 0.344 e. The quantitative estimate of drug-likeness (QED) is 0.477. The van der Waals surface area contributed by atoms with Gasteiger partial charge in [-0.15, -0.1) is 0 Å². The van der Waals surface area contributed by atoms with E-state index < -0.39 is 5.97 Å². The summed E-state index contributed by atoms with van der Waals surface area (Å²) in [6, 6.07) is 14.6. The average molecular weight is 395 g/mol. The fraction of sp³-hybridized carbons (Fsp3) is 0.278. The van der Waals surface area contributed by atoms with E-state index in [9.17, 15) is 4.79 Å².